The Hall–Kier alpha value is -2.02. The molecular formula is C12H12N2O2. The van der Waals surface area contributed by atoms with E-state index in [9.17, 15) is 4.79 Å². The largest absolute Gasteiger partial charge is 0.490 e. The molecule has 0 bridgehead atoms. The topological polar surface area (TPSA) is 62.1 Å². The molecule has 1 N–H and O–H groups in total. The van der Waals surface area contributed by atoms with Gasteiger partial charge in [0.15, 0.2) is 0 Å². The number of hydrogen-bond acceptors (Lipinski definition) is 3. The summed E-state index contributed by atoms with van der Waals surface area (Å²) in [6.07, 6.45) is 0.932. The van der Waals surface area contributed by atoms with Gasteiger partial charge in [-0.1, -0.05) is 0 Å². The van der Waals surface area contributed by atoms with Crippen LogP contribution in [-0.4, -0.2) is 12.0 Å². The van der Waals surface area contributed by atoms with E-state index in [1.54, 1.807) is 6.07 Å². The third kappa shape index (κ3) is 2.14. The van der Waals surface area contributed by atoms with Gasteiger partial charge in [-0.15, -0.1) is 0 Å². The number of nitrogens with one attached hydrogen (secondary N) is 1. The lowest BCUT2D eigenvalue weighted by atomic mass is 10.1. The van der Waals surface area contributed by atoms with Crippen molar-refractivity contribution in [3.8, 4) is 11.8 Å². The highest BCUT2D eigenvalue weighted by Crippen LogP contribution is 2.30. The zero-order chi connectivity index (χ0) is 11.5. The quantitative estimate of drug-likeness (QED) is 0.820. The molecule has 1 aromatic carbocycles. The molecule has 1 aliphatic heterocycles. The molecule has 1 atom stereocenters. The Morgan fingerprint density at radius 2 is 2.50 bits per heavy atom. The Morgan fingerprint density at radius 1 is 1.69 bits per heavy atom. The van der Waals surface area contributed by atoms with Crippen LogP contribution in [0.5, 0.6) is 5.75 Å². The van der Waals surface area contributed by atoms with E-state index in [4.69, 9.17) is 10.00 Å². The number of nitriles is 1. The van der Waals surface area contributed by atoms with Gasteiger partial charge in [-0.2, -0.15) is 5.26 Å². The van der Waals surface area contributed by atoms with E-state index in [0.29, 0.717) is 0 Å². The summed E-state index contributed by atoms with van der Waals surface area (Å²) in [7, 11) is 0. The van der Waals surface area contributed by atoms with Crippen LogP contribution in [0, 0.1) is 11.3 Å². The lowest BCUT2D eigenvalue weighted by molar-refractivity contribution is -0.115. The first-order chi connectivity index (χ1) is 7.69. The van der Waals surface area contributed by atoms with Crippen LogP contribution >= 0.6 is 0 Å². The van der Waals surface area contributed by atoms with Crippen molar-refractivity contribution in [2.75, 3.05) is 5.32 Å². The lowest BCUT2D eigenvalue weighted by Gasteiger charge is -2.05. The van der Waals surface area contributed by atoms with E-state index >= 15 is 0 Å². The van der Waals surface area contributed by atoms with E-state index < -0.39 is 0 Å². The van der Waals surface area contributed by atoms with E-state index in [1.807, 2.05) is 25.1 Å². The molecule has 0 radical (unpaired) electrons. The fraction of sp³-hybridized carbons (Fsp3) is 0.333. The smallest absolute Gasteiger partial charge is 0.238 e. The Morgan fingerprint density at radius 3 is 3.25 bits per heavy atom. The van der Waals surface area contributed by atoms with Crippen molar-refractivity contribution in [1.29, 1.82) is 5.26 Å². The van der Waals surface area contributed by atoms with Gasteiger partial charge in [0.05, 0.1) is 6.07 Å². The highest BCUT2D eigenvalue weighted by molar-refractivity contribution is 5.92. The van der Waals surface area contributed by atoms with Crippen molar-refractivity contribution >= 4 is 11.6 Å². The monoisotopic (exact) mass is 216 g/mol. The predicted octanol–water partition coefficient (Wildman–Crippen LogP) is 1.86. The number of carbonyl (C=O) groups excluding carboxylic acids is 1. The maximum Gasteiger partial charge on any atom is 0.238 e. The molecule has 1 heterocycles. The highest BCUT2D eigenvalue weighted by Gasteiger charge is 2.19. The first kappa shape index (κ1) is 10.5. The Labute approximate surface area is 93.8 Å². The fourth-order valence-corrected chi connectivity index (χ4v) is 1.78. The summed E-state index contributed by atoms with van der Waals surface area (Å²) < 4.78 is 5.55. The molecule has 2 rings (SSSR count). The van der Waals surface area contributed by atoms with Crippen LogP contribution in [0.15, 0.2) is 18.2 Å². The van der Waals surface area contributed by atoms with Gasteiger partial charge in [0.2, 0.25) is 5.91 Å². The van der Waals surface area contributed by atoms with Crippen molar-refractivity contribution in [3.63, 3.8) is 0 Å². The van der Waals surface area contributed by atoms with Crippen LogP contribution in [-0.2, 0) is 11.2 Å². The molecule has 1 aliphatic rings. The zero-order valence-electron chi connectivity index (χ0n) is 8.99. The van der Waals surface area contributed by atoms with Crippen molar-refractivity contribution in [1.82, 2.24) is 0 Å². The number of fused-ring (bicyclic) bond motifs is 1. The molecule has 0 saturated heterocycles. The molecule has 4 heteroatoms. The number of ether oxygens (including phenoxy) is 1. The SMILES string of the molecule is CC1Cc2cc(NC(=O)CC#N)ccc2O1. The second-order valence-corrected chi connectivity index (χ2v) is 3.84. The molecule has 16 heavy (non-hydrogen) atoms. The summed E-state index contributed by atoms with van der Waals surface area (Å²) in [5.74, 6) is 0.597. The van der Waals surface area contributed by atoms with Crippen molar-refractivity contribution in [2.24, 2.45) is 0 Å². The number of rotatable bonds is 2. The highest BCUT2D eigenvalue weighted by atomic mass is 16.5. The normalized spacial score (nSPS) is 17.1. The maximum atomic E-state index is 11.2. The third-order valence-electron chi connectivity index (χ3n) is 2.42. The standard InChI is InChI=1S/C12H12N2O2/c1-8-6-9-7-10(2-3-11(9)16-8)14-12(15)4-5-13/h2-3,7-8H,4,6H2,1H3,(H,14,15). The van der Waals surface area contributed by atoms with E-state index in [-0.39, 0.29) is 18.4 Å². The molecule has 82 valence electrons. The van der Waals surface area contributed by atoms with Gasteiger partial charge >= 0.3 is 0 Å². The van der Waals surface area contributed by atoms with Gasteiger partial charge in [-0.3, -0.25) is 4.79 Å². The number of benzene rings is 1. The van der Waals surface area contributed by atoms with Crippen molar-refractivity contribution < 1.29 is 9.53 Å². The van der Waals surface area contributed by atoms with Crippen LogP contribution in [0.3, 0.4) is 0 Å². The molecule has 0 aromatic heterocycles. The number of anilines is 1. The van der Waals surface area contributed by atoms with E-state index in [2.05, 4.69) is 5.32 Å². The van der Waals surface area contributed by atoms with E-state index in [0.717, 1.165) is 23.4 Å². The van der Waals surface area contributed by atoms with Gasteiger partial charge in [0, 0.05) is 12.1 Å². The maximum absolute atomic E-state index is 11.2. The molecule has 1 aromatic rings. The minimum Gasteiger partial charge on any atom is -0.490 e. The Balaban J connectivity index is 2.11. The second-order valence-electron chi connectivity index (χ2n) is 3.84. The first-order valence-corrected chi connectivity index (χ1v) is 5.15. The molecule has 1 amide bonds. The average Bonchev–Trinajstić information content (AvgIpc) is 2.57. The van der Waals surface area contributed by atoms with Crippen LogP contribution in [0.1, 0.15) is 18.9 Å². The fourth-order valence-electron chi connectivity index (χ4n) is 1.78. The van der Waals surface area contributed by atoms with Gasteiger partial charge in [0.1, 0.15) is 18.3 Å². The summed E-state index contributed by atoms with van der Waals surface area (Å²) in [4.78, 5) is 11.2. The van der Waals surface area contributed by atoms with Crippen LogP contribution < -0.4 is 10.1 Å². The zero-order valence-corrected chi connectivity index (χ0v) is 8.99. The Bertz CT molecular complexity index is 463. The first-order valence-electron chi connectivity index (χ1n) is 5.15. The minimum atomic E-state index is -0.283. The molecular weight excluding hydrogens is 204 g/mol. The predicted molar refractivity (Wildman–Crippen MR) is 59.1 cm³/mol. The van der Waals surface area contributed by atoms with Gasteiger partial charge in [-0.25, -0.2) is 0 Å². The lowest BCUT2D eigenvalue weighted by Crippen LogP contribution is -2.10. The molecule has 0 fully saturated rings. The summed E-state index contributed by atoms with van der Waals surface area (Å²) in [5.41, 5.74) is 1.82. The third-order valence-corrected chi connectivity index (χ3v) is 2.42. The number of nitrogens with zero attached hydrogens (tertiary/aromatic N) is 1. The van der Waals surface area contributed by atoms with Gasteiger partial charge in [-0.05, 0) is 30.7 Å². The van der Waals surface area contributed by atoms with Crippen LogP contribution in [0.2, 0.25) is 0 Å². The summed E-state index contributed by atoms with van der Waals surface area (Å²) in [6, 6.07) is 7.34. The van der Waals surface area contributed by atoms with Crippen molar-refractivity contribution in [3.05, 3.63) is 23.8 Å². The summed E-state index contributed by atoms with van der Waals surface area (Å²) in [5, 5.41) is 11.0. The van der Waals surface area contributed by atoms with Crippen molar-refractivity contribution in [2.45, 2.75) is 25.9 Å². The van der Waals surface area contributed by atoms with Crippen LogP contribution in [0.25, 0.3) is 0 Å². The van der Waals surface area contributed by atoms with Crippen LogP contribution in [0.4, 0.5) is 5.69 Å². The summed E-state index contributed by atoms with van der Waals surface area (Å²) >= 11 is 0. The van der Waals surface area contributed by atoms with Gasteiger partial charge in [0.25, 0.3) is 0 Å². The molecule has 4 nitrogen and oxygen atoms in total. The molecule has 0 aliphatic carbocycles. The van der Waals surface area contributed by atoms with E-state index in [1.165, 1.54) is 0 Å². The molecule has 1 unspecified atom stereocenters. The van der Waals surface area contributed by atoms with Gasteiger partial charge < -0.3 is 10.1 Å². The minimum absolute atomic E-state index is 0.121. The number of carbonyl (C=O) groups is 1. The molecule has 0 spiro atoms. The molecule has 0 saturated carbocycles. The Kier molecular flexibility index (Phi) is 2.78. The number of amides is 1. The number of hydrogen-bond donors (Lipinski definition) is 1. The second kappa shape index (κ2) is 4.23. The summed E-state index contributed by atoms with van der Waals surface area (Å²) in [6.45, 7) is 2.01. The average molecular weight is 216 g/mol.